The standard InChI is InChI=1S/C11H13ClFN5/c1-18-11(6-15-17-18)10(16-14)5-7-8(12)3-2-4-9(7)13/h2-4,6,10,16H,5,14H2,1H3. The molecule has 0 bridgehead atoms. The maximum atomic E-state index is 13.7. The van der Waals surface area contributed by atoms with Gasteiger partial charge in [0.1, 0.15) is 5.82 Å². The van der Waals surface area contributed by atoms with E-state index in [1.54, 1.807) is 30.1 Å². The van der Waals surface area contributed by atoms with E-state index in [2.05, 4.69) is 15.7 Å². The fraction of sp³-hybridized carbons (Fsp3) is 0.273. The van der Waals surface area contributed by atoms with Crippen molar-refractivity contribution in [3.63, 3.8) is 0 Å². The minimum Gasteiger partial charge on any atom is -0.271 e. The van der Waals surface area contributed by atoms with E-state index >= 15 is 0 Å². The van der Waals surface area contributed by atoms with Crippen LogP contribution in [0.3, 0.4) is 0 Å². The molecule has 1 atom stereocenters. The zero-order valence-electron chi connectivity index (χ0n) is 9.77. The van der Waals surface area contributed by atoms with E-state index < -0.39 is 0 Å². The SMILES string of the molecule is Cn1nncc1C(Cc1c(F)cccc1Cl)NN. The third-order valence-electron chi connectivity index (χ3n) is 2.78. The summed E-state index contributed by atoms with van der Waals surface area (Å²) in [5.74, 6) is 5.15. The molecule has 7 heteroatoms. The fourth-order valence-corrected chi connectivity index (χ4v) is 2.03. The average Bonchev–Trinajstić information content (AvgIpc) is 2.76. The van der Waals surface area contributed by atoms with E-state index in [-0.39, 0.29) is 11.9 Å². The van der Waals surface area contributed by atoms with Crippen molar-refractivity contribution in [1.82, 2.24) is 20.4 Å². The van der Waals surface area contributed by atoms with Crippen LogP contribution in [0.5, 0.6) is 0 Å². The van der Waals surface area contributed by atoms with Crippen LogP contribution in [0.4, 0.5) is 4.39 Å². The van der Waals surface area contributed by atoms with E-state index in [9.17, 15) is 4.39 Å². The van der Waals surface area contributed by atoms with Crippen LogP contribution < -0.4 is 11.3 Å². The lowest BCUT2D eigenvalue weighted by Crippen LogP contribution is -2.31. The molecule has 1 aromatic carbocycles. The van der Waals surface area contributed by atoms with Gasteiger partial charge >= 0.3 is 0 Å². The lowest BCUT2D eigenvalue weighted by molar-refractivity contribution is 0.494. The van der Waals surface area contributed by atoms with Crippen LogP contribution in [-0.2, 0) is 13.5 Å². The smallest absolute Gasteiger partial charge is 0.127 e. The molecule has 5 nitrogen and oxygen atoms in total. The maximum absolute atomic E-state index is 13.7. The third-order valence-corrected chi connectivity index (χ3v) is 3.13. The number of nitrogens with two attached hydrogens (primary N) is 1. The first-order chi connectivity index (χ1) is 8.63. The topological polar surface area (TPSA) is 68.8 Å². The van der Waals surface area contributed by atoms with Crippen LogP contribution in [0.2, 0.25) is 5.02 Å². The summed E-state index contributed by atoms with van der Waals surface area (Å²) in [7, 11) is 1.75. The Kier molecular flexibility index (Phi) is 3.90. The molecule has 0 fully saturated rings. The predicted octanol–water partition coefficient (Wildman–Crippen LogP) is 1.35. The molecule has 3 N–H and O–H groups in total. The van der Waals surface area contributed by atoms with Gasteiger partial charge in [0.25, 0.3) is 0 Å². The second-order valence-corrected chi connectivity index (χ2v) is 4.31. The molecular weight excluding hydrogens is 257 g/mol. The molecule has 2 aromatic rings. The van der Waals surface area contributed by atoms with Gasteiger partial charge in [0.2, 0.25) is 0 Å². The summed E-state index contributed by atoms with van der Waals surface area (Å²) in [4.78, 5) is 0. The van der Waals surface area contributed by atoms with E-state index in [4.69, 9.17) is 17.4 Å². The Morgan fingerprint density at radius 1 is 1.56 bits per heavy atom. The van der Waals surface area contributed by atoms with Crippen LogP contribution >= 0.6 is 11.6 Å². The summed E-state index contributed by atoms with van der Waals surface area (Å²) in [6, 6.07) is 4.28. The Balaban J connectivity index is 2.29. The number of nitrogens with zero attached hydrogens (tertiary/aromatic N) is 3. The molecule has 96 valence electrons. The lowest BCUT2D eigenvalue weighted by Gasteiger charge is -2.16. The van der Waals surface area contributed by atoms with Gasteiger partial charge in [-0.05, 0) is 18.6 Å². The Labute approximate surface area is 109 Å². The Morgan fingerprint density at radius 2 is 2.33 bits per heavy atom. The molecule has 1 aromatic heterocycles. The molecule has 1 heterocycles. The third kappa shape index (κ3) is 2.50. The van der Waals surface area contributed by atoms with Gasteiger partial charge in [0, 0.05) is 17.6 Å². The van der Waals surface area contributed by atoms with Crippen molar-refractivity contribution in [3.8, 4) is 0 Å². The maximum Gasteiger partial charge on any atom is 0.127 e. The number of hydrogen-bond acceptors (Lipinski definition) is 4. The van der Waals surface area contributed by atoms with Gasteiger partial charge in [-0.25, -0.2) is 4.39 Å². The second-order valence-electron chi connectivity index (χ2n) is 3.91. The average molecular weight is 270 g/mol. The molecular formula is C11H13ClFN5. The molecule has 0 aliphatic rings. The number of halogens is 2. The van der Waals surface area contributed by atoms with Gasteiger partial charge in [-0.15, -0.1) is 5.10 Å². The highest BCUT2D eigenvalue weighted by Crippen LogP contribution is 2.24. The first-order valence-corrected chi connectivity index (χ1v) is 5.75. The van der Waals surface area contributed by atoms with Gasteiger partial charge in [-0.2, -0.15) is 0 Å². The lowest BCUT2D eigenvalue weighted by atomic mass is 10.0. The van der Waals surface area contributed by atoms with Gasteiger partial charge in [0.15, 0.2) is 0 Å². The summed E-state index contributed by atoms with van der Waals surface area (Å²) in [6.07, 6.45) is 1.91. The van der Waals surface area contributed by atoms with Crippen LogP contribution in [0.1, 0.15) is 17.3 Å². The summed E-state index contributed by atoms with van der Waals surface area (Å²) in [5, 5.41) is 7.96. The monoisotopic (exact) mass is 269 g/mol. The molecule has 0 saturated carbocycles. The second kappa shape index (κ2) is 5.43. The van der Waals surface area contributed by atoms with Crippen molar-refractivity contribution >= 4 is 11.6 Å². The van der Waals surface area contributed by atoms with Gasteiger partial charge in [0.05, 0.1) is 17.9 Å². The molecule has 1 unspecified atom stereocenters. The highest BCUT2D eigenvalue weighted by molar-refractivity contribution is 6.31. The quantitative estimate of drug-likeness (QED) is 0.649. The van der Waals surface area contributed by atoms with Crippen molar-refractivity contribution in [1.29, 1.82) is 0 Å². The number of hydrazine groups is 1. The summed E-state index contributed by atoms with van der Waals surface area (Å²) >= 11 is 5.99. The van der Waals surface area contributed by atoms with E-state index in [0.29, 0.717) is 17.0 Å². The van der Waals surface area contributed by atoms with Gasteiger partial charge in [-0.1, -0.05) is 22.9 Å². The number of benzene rings is 1. The minimum absolute atomic E-state index is 0.306. The first kappa shape index (κ1) is 12.9. The number of nitrogens with one attached hydrogen (secondary N) is 1. The first-order valence-electron chi connectivity index (χ1n) is 5.37. The zero-order chi connectivity index (χ0) is 13.1. The van der Waals surface area contributed by atoms with Gasteiger partial charge < -0.3 is 0 Å². The van der Waals surface area contributed by atoms with Crippen LogP contribution in [0.25, 0.3) is 0 Å². The van der Waals surface area contributed by atoms with Crippen LogP contribution in [-0.4, -0.2) is 15.0 Å². The molecule has 0 spiro atoms. The highest BCUT2D eigenvalue weighted by Gasteiger charge is 2.18. The van der Waals surface area contributed by atoms with Crippen LogP contribution in [0, 0.1) is 5.82 Å². The Morgan fingerprint density at radius 3 is 2.89 bits per heavy atom. The zero-order valence-corrected chi connectivity index (χ0v) is 10.5. The molecule has 0 aliphatic heterocycles. The largest absolute Gasteiger partial charge is 0.271 e. The summed E-state index contributed by atoms with van der Waals surface area (Å²) < 4.78 is 15.3. The molecule has 2 rings (SSSR count). The van der Waals surface area contributed by atoms with Gasteiger partial charge in [-0.3, -0.25) is 16.0 Å². The molecule has 0 saturated heterocycles. The number of hydrogen-bond donors (Lipinski definition) is 2. The normalized spacial score (nSPS) is 12.7. The summed E-state index contributed by atoms with van der Waals surface area (Å²) in [6.45, 7) is 0. The van der Waals surface area contributed by atoms with Crippen molar-refractivity contribution in [2.75, 3.05) is 0 Å². The van der Waals surface area contributed by atoms with Crippen molar-refractivity contribution in [3.05, 3.63) is 46.5 Å². The fourth-order valence-electron chi connectivity index (χ4n) is 1.79. The minimum atomic E-state index is -0.349. The highest BCUT2D eigenvalue weighted by atomic mass is 35.5. The number of aromatic nitrogens is 3. The van der Waals surface area contributed by atoms with Crippen molar-refractivity contribution < 1.29 is 4.39 Å². The van der Waals surface area contributed by atoms with E-state index in [1.165, 1.54) is 6.07 Å². The summed E-state index contributed by atoms with van der Waals surface area (Å²) in [5.41, 5.74) is 3.80. The molecule has 18 heavy (non-hydrogen) atoms. The van der Waals surface area contributed by atoms with E-state index in [0.717, 1.165) is 5.69 Å². The van der Waals surface area contributed by atoms with Crippen molar-refractivity contribution in [2.45, 2.75) is 12.5 Å². The number of rotatable bonds is 4. The predicted molar refractivity (Wildman–Crippen MR) is 66.2 cm³/mol. The molecule has 0 aliphatic carbocycles. The molecule has 0 radical (unpaired) electrons. The van der Waals surface area contributed by atoms with E-state index in [1.807, 2.05) is 0 Å². The molecule has 0 amide bonds. The Hall–Kier alpha value is -1.50. The Bertz CT molecular complexity index is 522. The van der Waals surface area contributed by atoms with Crippen LogP contribution in [0.15, 0.2) is 24.4 Å². The number of aryl methyl sites for hydroxylation is 1. The van der Waals surface area contributed by atoms with Crippen molar-refractivity contribution in [2.24, 2.45) is 12.9 Å².